The van der Waals surface area contributed by atoms with Crippen LogP contribution in [0.2, 0.25) is 0 Å². The van der Waals surface area contributed by atoms with Crippen LogP contribution in [0, 0.1) is 0 Å². The summed E-state index contributed by atoms with van der Waals surface area (Å²) in [4.78, 5) is 2.37. The van der Waals surface area contributed by atoms with E-state index in [2.05, 4.69) is 115 Å². The second-order valence-corrected chi connectivity index (χ2v) is 7.11. The Morgan fingerprint density at radius 3 is 2.11 bits per heavy atom. The summed E-state index contributed by atoms with van der Waals surface area (Å²) in [7, 11) is 2.16. The molecule has 0 atom stereocenters. The molecule has 0 bridgehead atoms. The van der Waals surface area contributed by atoms with E-state index in [1.165, 1.54) is 39.3 Å². The molecular weight excluding hydrogens is 340 g/mol. The van der Waals surface area contributed by atoms with Crippen molar-refractivity contribution in [1.82, 2.24) is 0 Å². The number of hydrogen-bond acceptors (Lipinski definition) is 1. The zero-order chi connectivity index (χ0) is 19.5. The molecule has 3 aromatic carbocycles. The average Bonchev–Trinajstić information content (AvgIpc) is 3.03. The van der Waals surface area contributed by atoms with E-state index in [1.807, 2.05) is 0 Å². The lowest BCUT2D eigenvalue weighted by Gasteiger charge is -2.20. The molecule has 1 aliphatic heterocycles. The van der Waals surface area contributed by atoms with Crippen LogP contribution in [0.4, 0.5) is 11.4 Å². The van der Waals surface area contributed by atoms with E-state index >= 15 is 0 Å². The summed E-state index contributed by atoms with van der Waals surface area (Å²) in [6.45, 7) is 6.46. The fourth-order valence-electron chi connectivity index (χ4n) is 4.05. The van der Waals surface area contributed by atoms with Crippen molar-refractivity contribution < 1.29 is 4.58 Å². The van der Waals surface area contributed by atoms with Crippen LogP contribution < -0.4 is 4.90 Å². The van der Waals surface area contributed by atoms with Crippen molar-refractivity contribution in [2.75, 3.05) is 25.0 Å². The maximum Gasteiger partial charge on any atom is 0.220 e. The van der Waals surface area contributed by atoms with E-state index in [-0.39, 0.29) is 0 Å². The molecule has 140 valence electrons. The number of nitrogens with zero attached hydrogens (tertiary/aromatic N) is 2. The van der Waals surface area contributed by atoms with Gasteiger partial charge in [-0.15, -0.1) is 0 Å². The van der Waals surface area contributed by atoms with E-state index in [0.29, 0.717) is 0 Å². The first kappa shape index (κ1) is 18.2. The molecule has 2 heteroatoms. The smallest absolute Gasteiger partial charge is 0.220 e. The molecule has 0 saturated carbocycles. The number of anilines is 1. The van der Waals surface area contributed by atoms with Crippen LogP contribution in [0.3, 0.4) is 0 Å². The lowest BCUT2D eigenvalue weighted by molar-refractivity contribution is -0.400. The van der Waals surface area contributed by atoms with Crippen LogP contribution in [0.15, 0.2) is 78.9 Å². The summed E-state index contributed by atoms with van der Waals surface area (Å²) in [5.41, 5.74) is 8.83. The van der Waals surface area contributed by atoms with Crippen LogP contribution in [0.25, 0.3) is 11.6 Å². The number of rotatable bonds is 5. The Bertz CT molecular complexity index is 1020. The summed E-state index contributed by atoms with van der Waals surface area (Å²) < 4.78 is 2.31. The molecule has 0 spiro atoms. The van der Waals surface area contributed by atoms with Crippen LogP contribution >= 0.6 is 0 Å². The third-order valence-electron chi connectivity index (χ3n) is 5.53. The number of allylic oxidation sites excluding steroid dienone is 1. The van der Waals surface area contributed by atoms with E-state index in [0.717, 1.165) is 13.1 Å². The first-order valence-corrected chi connectivity index (χ1v) is 10.1. The molecule has 0 N–H and O–H groups in total. The van der Waals surface area contributed by atoms with Crippen molar-refractivity contribution in [1.29, 1.82) is 0 Å². The Morgan fingerprint density at radius 1 is 0.786 bits per heavy atom. The fraction of sp³-hybridized carbons (Fsp3) is 0.192. The molecular formula is C26H27N2+. The lowest BCUT2D eigenvalue weighted by atomic mass is 9.96. The molecule has 4 rings (SSSR count). The molecule has 0 unspecified atom stereocenters. The van der Waals surface area contributed by atoms with Gasteiger partial charge in [0, 0.05) is 30.4 Å². The maximum atomic E-state index is 2.37. The van der Waals surface area contributed by atoms with Crippen LogP contribution in [-0.4, -0.2) is 30.4 Å². The quantitative estimate of drug-likeness (QED) is 0.513. The summed E-state index contributed by atoms with van der Waals surface area (Å²) in [6.07, 6.45) is 2.32. The third-order valence-corrected chi connectivity index (χ3v) is 5.53. The Kier molecular flexibility index (Phi) is 5.12. The van der Waals surface area contributed by atoms with Crippen molar-refractivity contribution >= 4 is 28.7 Å². The number of hydrogen-bond donors (Lipinski definition) is 0. The highest BCUT2D eigenvalue weighted by Crippen LogP contribution is 2.37. The number of benzene rings is 3. The normalized spacial score (nSPS) is 14.5. The molecule has 0 radical (unpaired) electrons. The van der Waals surface area contributed by atoms with Gasteiger partial charge < -0.3 is 4.90 Å². The Morgan fingerprint density at radius 2 is 1.43 bits per heavy atom. The molecule has 3 aromatic rings. The number of para-hydroxylation sites is 1. The number of fused-ring (bicyclic) bond motifs is 1. The zero-order valence-electron chi connectivity index (χ0n) is 16.9. The minimum atomic E-state index is 1.03. The van der Waals surface area contributed by atoms with E-state index in [4.69, 9.17) is 0 Å². The van der Waals surface area contributed by atoms with Crippen molar-refractivity contribution in [2.24, 2.45) is 0 Å². The van der Waals surface area contributed by atoms with Crippen molar-refractivity contribution in [3.63, 3.8) is 0 Å². The molecule has 0 aliphatic carbocycles. The molecule has 1 heterocycles. The van der Waals surface area contributed by atoms with Gasteiger partial charge in [0.05, 0.1) is 11.1 Å². The van der Waals surface area contributed by atoms with Gasteiger partial charge in [-0.3, -0.25) is 0 Å². The van der Waals surface area contributed by atoms with Gasteiger partial charge in [0.15, 0.2) is 0 Å². The average molecular weight is 368 g/mol. The van der Waals surface area contributed by atoms with Crippen LogP contribution in [0.1, 0.15) is 30.5 Å². The maximum absolute atomic E-state index is 2.37. The highest BCUT2D eigenvalue weighted by molar-refractivity contribution is 6.35. The Hall–Kier alpha value is -3.13. The largest absolute Gasteiger partial charge is 0.372 e. The Labute approximate surface area is 168 Å². The van der Waals surface area contributed by atoms with Gasteiger partial charge in [-0.1, -0.05) is 42.5 Å². The van der Waals surface area contributed by atoms with Gasteiger partial charge in [0.1, 0.15) is 7.05 Å². The lowest BCUT2D eigenvalue weighted by Crippen LogP contribution is -2.21. The summed E-state index contributed by atoms with van der Waals surface area (Å²) in [6, 6.07) is 28.2. The van der Waals surface area contributed by atoms with Gasteiger partial charge >= 0.3 is 0 Å². The minimum absolute atomic E-state index is 1.03. The standard InChI is InChI=1S/C26H27N2/c1-4-28(5-2)22-17-15-20(16-18-22)19-24-23-13-9-10-14-25(23)27(3)26(24)21-11-7-6-8-12-21/h6-19H,4-5H2,1-3H3/q+1. The topological polar surface area (TPSA) is 6.25 Å². The molecule has 0 fully saturated rings. The summed E-state index contributed by atoms with van der Waals surface area (Å²) >= 11 is 0. The van der Waals surface area contributed by atoms with Gasteiger partial charge in [-0.2, -0.15) is 4.58 Å². The molecule has 0 amide bonds. The third kappa shape index (κ3) is 3.27. The molecule has 1 aliphatic rings. The second-order valence-electron chi connectivity index (χ2n) is 7.11. The van der Waals surface area contributed by atoms with Gasteiger partial charge in [0.25, 0.3) is 0 Å². The highest BCUT2D eigenvalue weighted by atomic mass is 15.1. The van der Waals surface area contributed by atoms with Crippen molar-refractivity contribution in [3.8, 4) is 0 Å². The van der Waals surface area contributed by atoms with Gasteiger partial charge in [-0.25, -0.2) is 0 Å². The Balaban J connectivity index is 1.80. The summed E-state index contributed by atoms with van der Waals surface area (Å²) in [5, 5.41) is 0. The first-order chi connectivity index (χ1) is 13.7. The molecule has 2 nitrogen and oxygen atoms in total. The molecule has 0 saturated heterocycles. The second kappa shape index (κ2) is 7.85. The fourth-order valence-corrected chi connectivity index (χ4v) is 4.05. The predicted octanol–water partition coefficient (Wildman–Crippen LogP) is 5.85. The SMILES string of the molecule is CCN(CC)c1ccc(/C=C2\C(c3ccccc3)=[N+](C)c3ccccc32)cc1. The van der Waals surface area contributed by atoms with Crippen molar-refractivity contribution in [2.45, 2.75) is 13.8 Å². The molecule has 28 heavy (non-hydrogen) atoms. The zero-order valence-corrected chi connectivity index (χ0v) is 16.9. The highest BCUT2D eigenvalue weighted by Gasteiger charge is 2.32. The monoisotopic (exact) mass is 367 g/mol. The van der Waals surface area contributed by atoms with Gasteiger partial charge in [0.2, 0.25) is 11.4 Å². The van der Waals surface area contributed by atoms with E-state index < -0.39 is 0 Å². The van der Waals surface area contributed by atoms with Gasteiger partial charge in [-0.05, 0) is 55.8 Å². The molecule has 0 aromatic heterocycles. The van der Waals surface area contributed by atoms with E-state index in [9.17, 15) is 0 Å². The summed E-state index contributed by atoms with van der Waals surface area (Å²) in [5.74, 6) is 0. The minimum Gasteiger partial charge on any atom is -0.372 e. The van der Waals surface area contributed by atoms with Crippen LogP contribution in [-0.2, 0) is 0 Å². The van der Waals surface area contributed by atoms with E-state index in [1.54, 1.807) is 0 Å². The van der Waals surface area contributed by atoms with Crippen LogP contribution in [0.5, 0.6) is 0 Å². The predicted molar refractivity (Wildman–Crippen MR) is 121 cm³/mol. The first-order valence-electron chi connectivity index (χ1n) is 10.1. The van der Waals surface area contributed by atoms with Crippen molar-refractivity contribution in [3.05, 3.63) is 95.6 Å².